The van der Waals surface area contributed by atoms with E-state index in [0.717, 1.165) is 4.90 Å². The van der Waals surface area contributed by atoms with Gasteiger partial charge in [-0.15, -0.1) is 0 Å². The van der Waals surface area contributed by atoms with Crippen molar-refractivity contribution in [2.24, 2.45) is 0 Å². The second kappa shape index (κ2) is 6.71. The molecule has 2 aromatic rings. The third-order valence-electron chi connectivity index (χ3n) is 4.86. The van der Waals surface area contributed by atoms with Crippen LogP contribution in [0.1, 0.15) is 16.8 Å². The number of anilines is 1. The van der Waals surface area contributed by atoms with Crippen LogP contribution in [0, 0.1) is 0 Å². The summed E-state index contributed by atoms with van der Waals surface area (Å²) in [5, 5.41) is 2.85. The van der Waals surface area contributed by atoms with Gasteiger partial charge in [0.15, 0.2) is 0 Å². The maximum atomic E-state index is 13.2. The number of ether oxygens (including phenoxy) is 1. The van der Waals surface area contributed by atoms with E-state index in [1.54, 1.807) is 42.6 Å². The number of hydrogen-bond donors (Lipinski definition) is 1. The highest BCUT2D eigenvalue weighted by molar-refractivity contribution is 6.19. The zero-order chi connectivity index (χ0) is 19.0. The van der Waals surface area contributed by atoms with Gasteiger partial charge in [-0.3, -0.25) is 14.6 Å². The van der Waals surface area contributed by atoms with Crippen molar-refractivity contribution in [3.05, 3.63) is 54.4 Å². The number of pyridine rings is 1. The molecule has 2 atom stereocenters. The number of imide groups is 1. The fraction of sp³-hybridized carbons (Fsp3) is 0.263. The van der Waals surface area contributed by atoms with Gasteiger partial charge in [0.1, 0.15) is 11.8 Å². The van der Waals surface area contributed by atoms with Crippen LogP contribution in [0.15, 0.2) is 48.8 Å². The Balaban J connectivity index is 1.66. The van der Waals surface area contributed by atoms with E-state index in [0.29, 0.717) is 30.0 Å². The van der Waals surface area contributed by atoms with Crippen LogP contribution in [0.4, 0.5) is 10.5 Å². The van der Waals surface area contributed by atoms with Crippen LogP contribution < -0.4 is 15.0 Å². The number of carbonyl (C=O) groups is 3. The first kappa shape index (κ1) is 17.0. The van der Waals surface area contributed by atoms with Gasteiger partial charge < -0.3 is 15.0 Å². The first-order valence-corrected chi connectivity index (χ1v) is 8.59. The average Bonchev–Trinajstić information content (AvgIpc) is 3.12. The molecule has 0 radical (unpaired) electrons. The lowest BCUT2D eigenvalue weighted by Gasteiger charge is -2.36. The minimum atomic E-state index is -0.749. The summed E-state index contributed by atoms with van der Waals surface area (Å²) in [6, 6.07) is 8.39. The second-order valence-corrected chi connectivity index (χ2v) is 6.40. The Morgan fingerprint density at radius 2 is 2.11 bits per heavy atom. The van der Waals surface area contributed by atoms with E-state index in [1.165, 1.54) is 18.2 Å². The maximum absolute atomic E-state index is 13.2. The predicted octanol–water partition coefficient (Wildman–Crippen LogP) is 1.43. The van der Waals surface area contributed by atoms with Crippen LogP contribution >= 0.6 is 0 Å². The summed E-state index contributed by atoms with van der Waals surface area (Å²) in [5.74, 6) is -0.164. The average molecular weight is 366 g/mol. The molecular weight excluding hydrogens is 348 g/mol. The number of aromatic nitrogens is 1. The van der Waals surface area contributed by atoms with Gasteiger partial charge in [-0.2, -0.15) is 0 Å². The minimum absolute atomic E-state index is 0.273. The standard InChI is InChI=1S/C19H18N4O4/c1-27-14-6-2-5-13(10-14)23-18(25)16-15(21-19(23)26)7-9-22(16)17(24)12-4-3-8-20-11-12/h2-6,8,10-11,15-16H,7,9H2,1H3,(H,21,26)/t15-,16+/m1/s1. The number of amides is 4. The maximum Gasteiger partial charge on any atom is 0.329 e. The van der Waals surface area contributed by atoms with Crippen molar-refractivity contribution in [3.63, 3.8) is 0 Å². The molecule has 138 valence electrons. The third-order valence-corrected chi connectivity index (χ3v) is 4.86. The summed E-state index contributed by atoms with van der Waals surface area (Å²) >= 11 is 0. The highest BCUT2D eigenvalue weighted by Crippen LogP contribution is 2.30. The van der Waals surface area contributed by atoms with E-state index in [-0.39, 0.29) is 5.91 Å². The molecule has 4 rings (SSSR count). The summed E-state index contributed by atoms with van der Waals surface area (Å²) in [4.78, 5) is 45.1. The van der Waals surface area contributed by atoms with Crippen LogP contribution in [0.3, 0.4) is 0 Å². The molecule has 0 saturated carbocycles. The van der Waals surface area contributed by atoms with Crippen LogP contribution in [0.2, 0.25) is 0 Å². The summed E-state index contributed by atoms with van der Waals surface area (Å²) in [6.45, 7) is 0.390. The molecule has 1 N–H and O–H groups in total. The van der Waals surface area contributed by atoms with Gasteiger partial charge in [-0.25, -0.2) is 9.69 Å². The molecule has 0 unspecified atom stereocenters. The number of nitrogens with zero attached hydrogens (tertiary/aromatic N) is 3. The number of fused-ring (bicyclic) bond motifs is 1. The van der Waals surface area contributed by atoms with Gasteiger partial charge in [0, 0.05) is 25.0 Å². The molecule has 2 aliphatic heterocycles. The molecule has 1 aromatic heterocycles. The molecule has 2 saturated heterocycles. The number of benzene rings is 1. The van der Waals surface area contributed by atoms with Gasteiger partial charge >= 0.3 is 6.03 Å². The van der Waals surface area contributed by atoms with Crippen LogP contribution in [0.25, 0.3) is 0 Å². The second-order valence-electron chi connectivity index (χ2n) is 6.40. The molecule has 1 aromatic carbocycles. The molecule has 27 heavy (non-hydrogen) atoms. The normalized spacial score (nSPS) is 21.7. The molecule has 4 amide bonds. The number of nitrogens with one attached hydrogen (secondary N) is 1. The Kier molecular flexibility index (Phi) is 4.23. The van der Waals surface area contributed by atoms with Crippen molar-refractivity contribution in [2.75, 3.05) is 18.6 Å². The minimum Gasteiger partial charge on any atom is -0.497 e. The number of methoxy groups -OCH3 is 1. The first-order chi connectivity index (χ1) is 13.1. The van der Waals surface area contributed by atoms with E-state index in [9.17, 15) is 14.4 Å². The van der Waals surface area contributed by atoms with Crippen molar-refractivity contribution >= 4 is 23.5 Å². The van der Waals surface area contributed by atoms with Crippen LogP contribution in [-0.4, -0.2) is 53.5 Å². The number of hydrogen-bond acceptors (Lipinski definition) is 5. The Hall–Kier alpha value is -3.42. The summed E-state index contributed by atoms with van der Waals surface area (Å²) in [7, 11) is 1.51. The Labute approximate surface area is 155 Å². The van der Waals surface area contributed by atoms with Gasteiger partial charge in [-0.1, -0.05) is 6.07 Å². The van der Waals surface area contributed by atoms with Gasteiger partial charge in [0.05, 0.1) is 24.4 Å². The lowest BCUT2D eigenvalue weighted by atomic mass is 10.0. The Bertz CT molecular complexity index is 902. The number of carbonyl (C=O) groups excluding carboxylic acids is 3. The zero-order valence-corrected chi connectivity index (χ0v) is 14.7. The van der Waals surface area contributed by atoms with E-state index in [2.05, 4.69) is 10.3 Å². The van der Waals surface area contributed by atoms with Crippen molar-refractivity contribution in [1.29, 1.82) is 0 Å². The molecule has 2 aliphatic rings. The highest BCUT2D eigenvalue weighted by Gasteiger charge is 2.50. The van der Waals surface area contributed by atoms with E-state index >= 15 is 0 Å². The molecule has 3 heterocycles. The topological polar surface area (TPSA) is 91.8 Å². The number of likely N-dealkylation sites (tertiary alicyclic amines) is 1. The quantitative estimate of drug-likeness (QED) is 0.887. The number of urea groups is 1. The first-order valence-electron chi connectivity index (χ1n) is 8.59. The van der Waals surface area contributed by atoms with Gasteiger partial charge in [0.2, 0.25) is 0 Å². The van der Waals surface area contributed by atoms with Crippen molar-refractivity contribution < 1.29 is 19.1 Å². The lowest BCUT2D eigenvalue weighted by molar-refractivity contribution is -0.122. The van der Waals surface area contributed by atoms with Crippen LogP contribution in [0.5, 0.6) is 5.75 Å². The molecule has 0 bridgehead atoms. The van der Waals surface area contributed by atoms with E-state index in [4.69, 9.17) is 4.74 Å². The molecule has 0 aliphatic carbocycles. The van der Waals surface area contributed by atoms with E-state index < -0.39 is 24.0 Å². The Morgan fingerprint density at radius 1 is 1.26 bits per heavy atom. The lowest BCUT2D eigenvalue weighted by Crippen LogP contribution is -2.65. The molecule has 2 fully saturated rings. The molecular formula is C19H18N4O4. The monoisotopic (exact) mass is 366 g/mol. The predicted molar refractivity (Wildman–Crippen MR) is 96.5 cm³/mol. The molecule has 8 heteroatoms. The van der Waals surface area contributed by atoms with Crippen LogP contribution in [-0.2, 0) is 4.79 Å². The highest BCUT2D eigenvalue weighted by atomic mass is 16.5. The van der Waals surface area contributed by atoms with Gasteiger partial charge in [-0.05, 0) is 30.7 Å². The van der Waals surface area contributed by atoms with Crippen molar-refractivity contribution in [1.82, 2.24) is 15.2 Å². The Morgan fingerprint density at radius 3 is 2.85 bits per heavy atom. The summed E-state index contributed by atoms with van der Waals surface area (Å²) in [6.07, 6.45) is 3.58. The fourth-order valence-electron chi connectivity index (χ4n) is 3.58. The largest absolute Gasteiger partial charge is 0.497 e. The molecule has 0 spiro atoms. The SMILES string of the molecule is COc1cccc(N2C(=O)N[C@@H]3CCN(C(=O)c4cccnc4)[C@@H]3C2=O)c1. The summed E-state index contributed by atoms with van der Waals surface area (Å²) < 4.78 is 5.18. The smallest absolute Gasteiger partial charge is 0.329 e. The number of rotatable bonds is 3. The van der Waals surface area contributed by atoms with Gasteiger partial charge in [0.25, 0.3) is 11.8 Å². The fourth-order valence-corrected chi connectivity index (χ4v) is 3.58. The molecule has 8 nitrogen and oxygen atoms in total. The van der Waals surface area contributed by atoms with Crippen molar-refractivity contribution in [2.45, 2.75) is 18.5 Å². The van der Waals surface area contributed by atoms with Crippen molar-refractivity contribution in [3.8, 4) is 5.75 Å². The zero-order valence-electron chi connectivity index (χ0n) is 14.7. The third kappa shape index (κ3) is 2.88. The summed E-state index contributed by atoms with van der Waals surface area (Å²) in [5.41, 5.74) is 0.812. The van der Waals surface area contributed by atoms with E-state index in [1.807, 2.05) is 0 Å².